The Bertz CT molecular complexity index is 1150. The quantitative estimate of drug-likeness (QED) is 0.270. The SMILES string of the molecule is CC(C)(C)OCCN(CCCCc1ccc2c(n1)NCCC2)CC[C@H](NC(=O)c1ccnn1CC(F)(F)F)C(=O)O. The number of carboxylic acid groups (broad SMARTS) is 1. The Morgan fingerprint density at radius 2 is 1.95 bits per heavy atom. The van der Waals surface area contributed by atoms with Crippen LogP contribution in [-0.4, -0.2) is 87.3 Å². The highest BCUT2D eigenvalue weighted by molar-refractivity contribution is 5.95. The Hall–Kier alpha value is -3.19. The molecule has 0 spiro atoms. The molecule has 228 valence electrons. The smallest absolute Gasteiger partial charge is 0.408 e. The lowest BCUT2D eigenvalue weighted by atomic mass is 10.1. The number of halogens is 3. The summed E-state index contributed by atoms with van der Waals surface area (Å²) < 4.78 is 44.8. The van der Waals surface area contributed by atoms with Gasteiger partial charge in [0.2, 0.25) is 0 Å². The van der Waals surface area contributed by atoms with Crippen LogP contribution in [0.5, 0.6) is 0 Å². The molecule has 1 atom stereocenters. The number of anilines is 1. The van der Waals surface area contributed by atoms with E-state index >= 15 is 0 Å². The maximum absolute atomic E-state index is 12.8. The zero-order valence-electron chi connectivity index (χ0n) is 24.0. The van der Waals surface area contributed by atoms with E-state index in [0.717, 1.165) is 62.4 Å². The molecular weight excluding hydrogens is 541 g/mol. The minimum atomic E-state index is -4.57. The van der Waals surface area contributed by atoms with Gasteiger partial charge in [-0.2, -0.15) is 18.3 Å². The first-order valence-electron chi connectivity index (χ1n) is 14.0. The molecule has 1 aliphatic heterocycles. The molecule has 3 heterocycles. The first-order chi connectivity index (χ1) is 19.3. The highest BCUT2D eigenvalue weighted by Gasteiger charge is 2.31. The van der Waals surface area contributed by atoms with E-state index < -0.39 is 30.6 Å². The first kappa shape index (κ1) is 32.3. The number of ether oxygens (including phenoxy) is 1. The predicted molar refractivity (Wildman–Crippen MR) is 148 cm³/mol. The second kappa shape index (κ2) is 14.6. The van der Waals surface area contributed by atoms with Gasteiger partial charge < -0.3 is 25.4 Å². The number of nitrogens with one attached hydrogen (secondary N) is 2. The molecule has 1 amide bonds. The minimum Gasteiger partial charge on any atom is -0.480 e. The number of alkyl halides is 3. The van der Waals surface area contributed by atoms with Crippen LogP contribution in [0.15, 0.2) is 24.4 Å². The third-order valence-corrected chi connectivity index (χ3v) is 6.67. The number of aliphatic carboxylic acids is 1. The van der Waals surface area contributed by atoms with E-state index in [4.69, 9.17) is 9.72 Å². The molecule has 3 rings (SSSR count). The number of hydrogen-bond acceptors (Lipinski definition) is 7. The van der Waals surface area contributed by atoms with Crippen LogP contribution in [0.4, 0.5) is 19.0 Å². The predicted octanol–water partition coefficient (Wildman–Crippen LogP) is 3.91. The summed E-state index contributed by atoms with van der Waals surface area (Å²) in [5, 5.41) is 19.0. The first-order valence-corrected chi connectivity index (χ1v) is 14.0. The second-order valence-electron chi connectivity index (χ2n) is 11.2. The van der Waals surface area contributed by atoms with Gasteiger partial charge in [0.1, 0.15) is 24.1 Å². The van der Waals surface area contributed by atoms with Crippen molar-refractivity contribution in [3.63, 3.8) is 0 Å². The third-order valence-electron chi connectivity index (χ3n) is 6.67. The Morgan fingerprint density at radius 1 is 1.17 bits per heavy atom. The molecule has 13 heteroatoms. The summed E-state index contributed by atoms with van der Waals surface area (Å²) in [6.45, 7) is 7.41. The van der Waals surface area contributed by atoms with E-state index in [-0.39, 0.29) is 17.7 Å². The fourth-order valence-corrected chi connectivity index (χ4v) is 4.59. The molecule has 1 aliphatic rings. The molecule has 0 fully saturated rings. The van der Waals surface area contributed by atoms with E-state index in [0.29, 0.717) is 30.9 Å². The Morgan fingerprint density at radius 3 is 2.66 bits per heavy atom. The number of pyridine rings is 1. The number of rotatable bonds is 15. The topological polar surface area (TPSA) is 122 Å². The second-order valence-corrected chi connectivity index (χ2v) is 11.2. The number of nitrogens with zero attached hydrogens (tertiary/aromatic N) is 4. The number of fused-ring (bicyclic) bond motifs is 1. The van der Waals surface area contributed by atoms with E-state index in [1.54, 1.807) is 0 Å². The normalized spacial score (nSPS) is 14.4. The van der Waals surface area contributed by atoms with Crippen LogP contribution < -0.4 is 10.6 Å². The number of carbonyl (C=O) groups is 2. The molecule has 0 aliphatic carbocycles. The van der Waals surface area contributed by atoms with Crippen molar-refractivity contribution < 1.29 is 32.6 Å². The van der Waals surface area contributed by atoms with Gasteiger partial charge in [-0.1, -0.05) is 6.07 Å². The van der Waals surface area contributed by atoms with Gasteiger partial charge in [0.25, 0.3) is 5.91 Å². The summed E-state index contributed by atoms with van der Waals surface area (Å²) in [6, 6.07) is 4.05. The fraction of sp³-hybridized carbons (Fsp3) is 0.643. The van der Waals surface area contributed by atoms with E-state index in [1.807, 2.05) is 20.8 Å². The minimum absolute atomic E-state index is 0.0715. The molecule has 0 aromatic carbocycles. The molecule has 0 radical (unpaired) electrons. The van der Waals surface area contributed by atoms with E-state index in [1.165, 1.54) is 5.56 Å². The van der Waals surface area contributed by atoms with Gasteiger partial charge in [-0.25, -0.2) is 9.78 Å². The lowest BCUT2D eigenvalue weighted by molar-refractivity contribution is -0.143. The van der Waals surface area contributed by atoms with Crippen LogP contribution in [-0.2, 0) is 28.9 Å². The van der Waals surface area contributed by atoms with Crippen molar-refractivity contribution in [3.05, 3.63) is 41.3 Å². The van der Waals surface area contributed by atoms with Gasteiger partial charge in [0.05, 0.1) is 12.2 Å². The van der Waals surface area contributed by atoms with Gasteiger partial charge in [0.15, 0.2) is 0 Å². The zero-order valence-corrected chi connectivity index (χ0v) is 24.0. The zero-order chi connectivity index (χ0) is 30.0. The Kier molecular flexibility index (Phi) is 11.5. The van der Waals surface area contributed by atoms with Gasteiger partial charge in [-0.05, 0) is 83.5 Å². The van der Waals surface area contributed by atoms with E-state index in [9.17, 15) is 27.9 Å². The summed E-state index contributed by atoms with van der Waals surface area (Å²) in [4.78, 5) is 31.4. The summed E-state index contributed by atoms with van der Waals surface area (Å²) in [5.74, 6) is -1.22. The highest BCUT2D eigenvalue weighted by atomic mass is 19.4. The average Bonchev–Trinajstić information content (AvgIpc) is 3.34. The lowest BCUT2D eigenvalue weighted by Gasteiger charge is -2.27. The maximum atomic E-state index is 12.8. The van der Waals surface area contributed by atoms with Gasteiger partial charge >= 0.3 is 12.1 Å². The van der Waals surface area contributed by atoms with Crippen molar-refractivity contribution in [1.82, 2.24) is 25.0 Å². The van der Waals surface area contributed by atoms with E-state index in [2.05, 4.69) is 32.8 Å². The summed E-state index contributed by atoms with van der Waals surface area (Å²) in [5.41, 5.74) is 1.60. The Balaban J connectivity index is 1.55. The van der Waals surface area contributed by atoms with Crippen LogP contribution in [0, 0.1) is 0 Å². The maximum Gasteiger partial charge on any atom is 0.408 e. The molecule has 41 heavy (non-hydrogen) atoms. The number of carboxylic acids is 1. The van der Waals surface area contributed by atoms with Crippen LogP contribution in [0.25, 0.3) is 0 Å². The molecule has 3 N–H and O–H groups in total. The van der Waals surface area contributed by atoms with Gasteiger partial charge in [0, 0.05) is 31.5 Å². The fourth-order valence-electron chi connectivity index (χ4n) is 4.59. The van der Waals surface area contributed by atoms with Crippen molar-refractivity contribution in [1.29, 1.82) is 0 Å². The summed E-state index contributed by atoms with van der Waals surface area (Å²) in [7, 11) is 0. The average molecular weight is 583 g/mol. The standard InChI is InChI=1S/C28H41F3N6O4/c1-27(2,3)41-18-17-36(15-5-4-8-21-10-9-20-7-6-13-32-24(20)34-21)16-12-22(26(39)40)35-25(38)23-11-14-33-37(23)19-28(29,30)31/h9-11,14,22H,4-8,12-13,15-19H2,1-3H3,(H,32,34)(H,35,38)(H,39,40)/t22-/m0/s1. The summed E-state index contributed by atoms with van der Waals surface area (Å²) >= 11 is 0. The molecule has 0 unspecified atom stereocenters. The molecular formula is C28H41F3N6O4. The molecule has 0 bridgehead atoms. The number of carbonyl (C=O) groups excluding carboxylic acids is 1. The third kappa shape index (κ3) is 11.3. The van der Waals surface area contributed by atoms with Gasteiger partial charge in [-0.3, -0.25) is 9.48 Å². The number of hydrogen-bond donors (Lipinski definition) is 3. The number of amides is 1. The molecule has 2 aromatic rings. The van der Waals surface area contributed by atoms with Gasteiger partial charge in [-0.15, -0.1) is 0 Å². The molecule has 0 saturated heterocycles. The number of aromatic nitrogens is 3. The molecule has 0 saturated carbocycles. The lowest BCUT2D eigenvalue weighted by Crippen LogP contribution is -2.44. The van der Waals surface area contributed by atoms with Crippen LogP contribution >= 0.6 is 0 Å². The van der Waals surface area contributed by atoms with Crippen LogP contribution in [0.3, 0.4) is 0 Å². The van der Waals surface area contributed by atoms with Crippen LogP contribution in [0.1, 0.15) is 68.2 Å². The van der Waals surface area contributed by atoms with Crippen molar-refractivity contribution in [2.45, 2.75) is 83.7 Å². The summed E-state index contributed by atoms with van der Waals surface area (Å²) in [6.07, 6.45) is 1.28. The monoisotopic (exact) mass is 582 g/mol. The van der Waals surface area contributed by atoms with Crippen molar-refractivity contribution in [3.8, 4) is 0 Å². The van der Waals surface area contributed by atoms with Crippen LogP contribution in [0.2, 0.25) is 0 Å². The van der Waals surface area contributed by atoms with Crippen molar-refractivity contribution >= 4 is 17.7 Å². The Labute approximate surface area is 238 Å². The molecule has 10 nitrogen and oxygen atoms in total. The number of unbranched alkanes of at least 4 members (excludes halogenated alkanes) is 1. The highest BCUT2D eigenvalue weighted by Crippen LogP contribution is 2.21. The van der Waals surface area contributed by atoms with Crippen molar-refractivity contribution in [2.24, 2.45) is 0 Å². The number of aryl methyl sites for hydroxylation is 2. The largest absolute Gasteiger partial charge is 0.480 e. The van der Waals surface area contributed by atoms with Crippen molar-refractivity contribution in [2.75, 3.05) is 38.1 Å². The molecule has 2 aromatic heterocycles.